The Bertz CT molecular complexity index is 371. The van der Waals surface area contributed by atoms with E-state index in [1.165, 1.54) is 43.4 Å². The molecular formula is C17H29NS. The smallest absolute Gasteiger partial charge is 0.0359 e. The number of aryl methyl sites for hydroxylation is 1. The van der Waals surface area contributed by atoms with Crippen LogP contribution in [0.25, 0.3) is 0 Å². The third-order valence-electron chi connectivity index (χ3n) is 4.72. The number of hydrogen-bond acceptors (Lipinski definition) is 2. The van der Waals surface area contributed by atoms with Gasteiger partial charge in [-0.15, -0.1) is 11.3 Å². The van der Waals surface area contributed by atoms with Gasteiger partial charge in [-0.1, -0.05) is 33.1 Å². The molecule has 0 saturated heterocycles. The molecule has 0 radical (unpaired) electrons. The summed E-state index contributed by atoms with van der Waals surface area (Å²) in [5, 5.41) is 6.09. The van der Waals surface area contributed by atoms with Gasteiger partial charge >= 0.3 is 0 Å². The third-order valence-corrected chi connectivity index (χ3v) is 5.58. The normalized spacial score (nSPS) is 25.4. The molecule has 108 valence electrons. The van der Waals surface area contributed by atoms with Gasteiger partial charge in [-0.05, 0) is 61.6 Å². The molecular weight excluding hydrogens is 250 g/mol. The van der Waals surface area contributed by atoms with Crippen LogP contribution in [0.5, 0.6) is 0 Å². The van der Waals surface area contributed by atoms with Gasteiger partial charge in [0, 0.05) is 10.9 Å². The zero-order valence-electron chi connectivity index (χ0n) is 12.7. The van der Waals surface area contributed by atoms with Crippen LogP contribution in [0.4, 0.5) is 0 Å². The van der Waals surface area contributed by atoms with Gasteiger partial charge in [-0.3, -0.25) is 0 Å². The lowest BCUT2D eigenvalue weighted by molar-refractivity contribution is 0.209. The van der Waals surface area contributed by atoms with Gasteiger partial charge in [-0.2, -0.15) is 0 Å². The van der Waals surface area contributed by atoms with E-state index >= 15 is 0 Å². The van der Waals surface area contributed by atoms with Crippen LogP contribution in [-0.2, 0) is 0 Å². The van der Waals surface area contributed by atoms with E-state index in [0.717, 1.165) is 18.4 Å². The number of nitrogens with one attached hydrogen (secondary N) is 1. The van der Waals surface area contributed by atoms with Crippen LogP contribution in [0.1, 0.15) is 68.9 Å². The van der Waals surface area contributed by atoms with Crippen LogP contribution in [-0.4, -0.2) is 6.54 Å². The zero-order valence-corrected chi connectivity index (χ0v) is 13.6. The molecule has 1 saturated carbocycles. The summed E-state index contributed by atoms with van der Waals surface area (Å²) in [4.78, 5) is 1.51. The van der Waals surface area contributed by atoms with Crippen LogP contribution in [0.2, 0.25) is 0 Å². The fourth-order valence-electron chi connectivity index (χ4n) is 3.55. The van der Waals surface area contributed by atoms with Gasteiger partial charge in [0.05, 0.1) is 0 Å². The summed E-state index contributed by atoms with van der Waals surface area (Å²) in [5.41, 5.74) is 1.57. The first-order valence-electron chi connectivity index (χ1n) is 8.03. The van der Waals surface area contributed by atoms with Crippen molar-refractivity contribution < 1.29 is 0 Å². The van der Waals surface area contributed by atoms with Gasteiger partial charge < -0.3 is 5.32 Å². The van der Waals surface area contributed by atoms with E-state index in [1.807, 2.05) is 11.3 Å². The molecule has 1 aliphatic carbocycles. The Hall–Kier alpha value is -0.340. The van der Waals surface area contributed by atoms with Crippen molar-refractivity contribution in [3.05, 3.63) is 21.9 Å². The van der Waals surface area contributed by atoms with E-state index in [0.29, 0.717) is 6.04 Å². The standard InChI is InChI=1S/C17H29NS/c1-4-10-18-17(16-9-11-19-13(16)3)15-8-6-7-14(5-2)12-15/h9,11,14-15,17-18H,4-8,10,12H2,1-3H3. The van der Waals surface area contributed by atoms with Crippen molar-refractivity contribution in [2.75, 3.05) is 6.54 Å². The monoisotopic (exact) mass is 279 g/mol. The number of thiophene rings is 1. The van der Waals surface area contributed by atoms with E-state index in [-0.39, 0.29) is 0 Å². The van der Waals surface area contributed by atoms with E-state index < -0.39 is 0 Å². The summed E-state index contributed by atoms with van der Waals surface area (Å²) in [6.45, 7) is 8.05. The first-order chi connectivity index (χ1) is 9.26. The van der Waals surface area contributed by atoms with E-state index in [4.69, 9.17) is 0 Å². The maximum absolute atomic E-state index is 3.83. The molecule has 1 N–H and O–H groups in total. The average Bonchev–Trinajstić information content (AvgIpc) is 2.86. The molecule has 0 aliphatic heterocycles. The minimum absolute atomic E-state index is 0.598. The summed E-state index contributed by atoms with van der Waals surface area (Å²) in [6.07, 6.45) is 8.30. The molecule has 1 nitrogen and oxygen atoms in total. The molecule has 0 spiro atoms. The summed E-state index contributed by atoms with van der Waals surface area (Å²) in [7, 11) is 0. The molecule has 1 heterocycles. The molecule has 0 amide bonds. The Morgan fingerprint density at radius 1 is 1.37 bits per heavy atom. The minimum atomic E-state index is 0.598. The van der Waals surface area contributed by atoms with Crippen molar-refractivity contribution in [1.29, 1.82) is 0 Å². The Balaban J connectivity index is 2.10. The highest BCUT2D eigenvalue weighted by Gasteiger charge is 2.29. The highest BCUT2D eigenvalue weighted by molar-refractivity contribution is 7.10. The highest BCUT2D eigenvalue weighted by Crippen LogP contribution is 2.40. The summed E-state index contributed by atoms with van der Waals surface area (Å²) < 4.78 is 0. The second-order valence-corrected chi connectivity index (χ2v) is 7.19. The largest absolute Gasteiger partial charge is 0.310 e. The topological polar surface area (TPSA) is 12.0 Å². The molecule has 3 unspecified atom stereocenters. The molecule has 1 aliphatic rings. The van der Waals surface area contributed by atoms with Crippen LogP contribution in [0.15, 0.2) is 11.4 Å². The SMILES string of the molecule is CCCNC(c1ccsc1C)C1CCCC(CC)C1. The lowest BCUT2D eigenvalue weighted by Gasteiger charge is -2.35. The summed E-state index contributed by atoms with van der Waals surface area (Å²) in [6, 6.07) is 2.95. The summed E-state index contributed by atoms with van der Waals surface area (Å²) in [5.74, 6) is 1.81. The molecule has 19 heavy (non-hydrogen) atoms. The second kappa shape index (κ2) is 7.44. The average molecular weight is 279 g/mol. The Kier molecular flexibility index (Phi) is 5.90. The van der Waals surface area contributed by atoms with Gasteiger partial charge in [0.15, 0.2) is 0 Å². The quantitative estimate of drug-likeness (QED) is 0.743. The van der Waals surface area contributed by atoms with Crippen molar-refractivity contribution in [3.63, 3.8) is 0 Å². The lowest BCUT2D eigenvalue weighted by Crippen LogP contribution is -2.32. The van der Waals surface area contributed by atoms with Crippen molar-refractivity contribution in [2.45, 2.75) is 65.3 Å². The van der Waals surface area contributed by atoms with Crippen molar-refractivity contribution >= 4 is 11.3 Å². The van der Waals surface area contributed by atoms with Gasteiger partial charge in [-0.25, -0.2) is 0 Å². The highest BCUT2D eigenvalue weighted by atomic mass is 32.1. The number of rotatable bonds is 6. The van der Waals surface area contributed by atoms with Gasteiger partial charge in [0.1, 0.15) is 0 Å². The van der Waals surface area contributed by atoms with Crippen molar-refractivity contribution in [2.24, 2.45) is 11.8 Å². The third kappa shape index (κ3) is 3.82. The predicted octanol–water partition coefficient (Wildman–Crippen LogP) is 5.31. The van der Waals surface area contributed by atoms with Crippen LogP contribution >= 0.6 is 11.3 Å². The first-order valence-corrected chi connectivity index (χ1v) is 8.91. The minimum Gasteiger partial charge on any atom is -0.310 e. The molecule has 1 aromatic heterocycles. The van der Waals surface area contributed by atoms with Crippen LogP contribution in [0, 0.1) is 18.8 Å². The van der Waals surface area contributed by atoms with E-state index in [1.54, 1.807) is 5.56 Å². The summed E-state index contributed by atoms with van der Waals surface area (Å²) >= 11 is 1.90. The van der Waals surface area contributed by atoms with Crippen molar-refractivity contribution in [3.8, 4) is 0 Å². The van der Waals surface area contributed by atoms with E-state index in [9.17, 15) is 0 Å². The van der Waals surface area contributed by atoms with Gasteiger partial charge in [0.25, 0.3) is 0 Å². The number of hydrogen-bond donors (Lipinski definition) is 1. The molecule has 1 fully saturated rings. The molecule has 2 rings (SSSR count). The van der Waals surface area contributed by atoms with E-state index in [2.05, 4.69) is 37.5 Å². The van der Waals surface area contributed by atoms with Crippen molar-refractivity contribution in [1.82, 2.24) is 5.32 Å². The molecule has 2 heteroatoms. The lowest BCUT2D eigenvalue weighted by atomic mass is 9.75. The molecule has 0 aromatic carbocycles. The van der Waals surface area contributed by atoms with Crippen LogP contribution in [0.3, 0.4) is 0 Å². The Morgan fingerprint density at radius 3 is 2.84 bits per heavy atom. The first kappa shape index (κ1) is 15.1. The predicted molar refractivity (Wildman–Crippen MR) is 85.8 cm³/mol. The molecule has 0 bridgehead atoms. The molecule has 3 atom stereocenters. The fourth-order valence-corrected chi connectivity index (χ4v) is 4.30. The fraction of sp³-hybridized carbons (Fsp3) is 0.765. The maximum atomic E-state index is 3.83. The molecule has 1 aromatic rings. The Morgan fingerprint density at radius 2 is 2.21 bits per heavy atom. The second-order valence-electron chi connectivity index (χ2n) is 6.06. The van der Waals surface area contributed by atoms with Crippen LogP contribution < -0.4 is 5.32 Å². The van der Waals surface area contributed by atoms with Gasteiger partial charge in [0.2, 0.25) is 0 Å². The maximum Gasteiger partial charge on any atom is 0.0359 e. The Labute approximate surface area is 122 Å². The zero-order chi connectivity index (χ0) is 13.7.